The van der Waals surface area contributed by atoms with Crippen LogP contribution in [0.1, 0.15) is 57.4 Å². The lowest BCUT2D eigenvalue weighted by Gasteiger charge is -2.37. The third kappa shape index (κ3) is 5.03. The number of ether oxygens (including phenoxy) is 2. The van der Waals surface area contributed by atoms with Crippen LogP contribution in [0.25, 0.3) is 22.2 Å². The second-order valence-corrected chi connectivity index (χ2v) is 12.5. The molecule has 0 unspecified atom stereocenters. The van der Waals surface area contributed by atoms with Crippen molar-refractivity contribution in [2.75, 3.05) is 52.1 Å². The summed E-state index contributed by atoms with van der Waals surface area (Å²) in [6, 6.07) is 8.83. The lowest BCUT2D eigenvalue weighted by molar-refractivity contribution is -0.0198. The smallest absolute Gasteiger partial charge is 0.146 e. The van der Waals surface area contributed by atoms with E-state index in [1.165, 1.54) is 71.2 Å². The number of nitrogens with two attached hydrogens (primary N) is 1. The van der Waals surface area contributed by atoms with E-state index in [1.54, 1.807) is 6.33 Å². The number of benzene rings is 1. The molecule has 8 heteroatoms. The van der Waals surface area contributed by atoms with Crippen molar-refractivity contribution in [2.24, 2.45) is 5.92 Å². The molecule has 0 atom stereocenters. The first-order chi connectivity index (χ1) is 19.1. The van der Waals surface area contributed by atoms with Crippen molar-refractivity contribution < 1.29 is 9.47 Å². The summed E-state index contributed by atoms with van der Waals surface area (Å²) in [6.07, 6.45) is 13.7. The van der Waals surface area contributed by atoms with E-state index in [4.69, 9.17) is 20.2 Å². The van der Waals surface area contributed by atoms with Crippen molar-refractivity contribution in [1.82, 2.24) is 24.3 Å². The van der Waals surface area contributed by atoms with Crippen molar-refractivity contribution in [3.05, 3.63) is 36.8 Å². The fraction of sp³-hybridized carbons (Fsp3) is 0.613. The van der Waals surface area contributed by atoms with E-state index < -0.39 is 0 Å². The first-order valence-electron chi connectivity index (χ1n) is 15.0. The third-order valence-corrected chi connectivity index (χ3v) is 9.87. The second kappa shape index (κ2) is 10.4. The summed E-state index contributed by atoms with van der Waals surface area (Å²) in [6.45, 7) is 6.65. The fourth-order valence-electron chi connectivity index (χ4n) is 7.46. The van der Waals surface area contributed by atoms with Gasteiger partial charge in [-0.3, -0.25) is 0 Å². The second-order valence-electron chi connectivity index (χ2n) is 12.5. The van der Waals surface area contributed by atoms with Gasteiger partial charge in [-0.25, -0.2) is 9.97 Å². The first kappa shape index (κ1) is 25.3. The van der Waals surface area contributed by atoms with Crippen LogP contribution in [0.5, 0.6) is 5.75 Å². The van der Waals surface area contributed by atoms with E-state index in [0.29, 0.717) is 24.6 Å². The van der Waals surface area contributed by atoms with E-state index in [0.717, 1.165) is 46.7 Å². The van der Waals surface area contributed by atoms with Crippen LogP contribution in [0.4, 0.5) is 5.82 Å². The molecule has 0 amide bonds. The minimum atomic E-state index is -0.0852. The largest absolute Gasteiger partial charge is 0.491 e. The lowest BCUT2D eigenvalue weighted by Crippen LogP contribution is -2.46. The molecule has 208 valence electrons. The molecule has 3 saturated heterocycles. The van der Waals surface area contributed by atoms with Gasteiger partial charge in [-0.05, 0) is 82.0 Å². The summed E-state index contributed by atoms with van der Waals surface area (Å²) >= 11 is 0. The Hall–Kier alpha value is -2.68. The first-order valence-corrected chi connectivity index (χ1v) is 15.0. The predicted molar refractivity (Wildman–Crippen MR) is 154 cm³/mol. The topological polar surface area (TPSA) is 81.7 Å². The number of hydrogen-bond acceptors (Lipinski definition) is 7. The number of hydrogen-bond donors (Lipinski definition) is 1. The van der Waals surface area contributed by atoms with Crippen molar-refractivity contribution in [2.45, 2.75) is 69.1 Å². The fourth-order valence-corrected chi connectivity index (χ4v) is 7.46. The summed E-state index contributed by atoms with van der Waals surface area (Å²) in [7, 11) is 2.23. The molecule has 5 heterocycles. The van der Waals surface area contributed by atoms with Gasteiger partial charge in [0.2, 0.25) is 0 Å². The third-order valence-electron chi connectivity index (χ3n) is 9.87. The van der Waals surface area contributed by atoms with Gasteiger partial charge in [-0.2, -0.15) is 0 Å². The van der Waals surface area contributed by atoms with Crippen LogP contribution in [-0.2, 0) is 4.74 Å². The van der Waals surface area contributed by atoms with Gasteiger partial charge < -0.3 is 29.6 Å². The highest BCUT2D eigenvalue weighted by molar-refractivity contribution is 6.00. The zero-order chi connectivity index (χ0) is 26.4. The van der Waals surface area contributed by atoms with E-state index in [-0.39, 0.29) is 5.60 Å². The van der Waals surface area contributed by atoms with Crippen molar-refractivity contribution in [1.29, 1.82) is 0 Å². The Bertz CT molecular complexity index is 1300. The van der Waals surface area contributed by atoms with Crippen LogP contribution < -0.4 is 10.5 Å². The van der Waals surface area contributed by atoms with Gasteiger partial charge in [0.15, 0.2) is 0 Å². The van der Waals surface area contributed by atoms with E-state index in [1.807, 2.05) is 6.07 Å². The molecule has 2 aromatic heterocycles. The molecule has 4 fully saturated rings. The summed E-state index contributed by atoms with van der Waals surface area (Å²) in [5, 5.41) is 0.950. The maximum absolute atomic E-state index is 6.47. The van der Waals surface area contributed by atoms with Crippen LogP contribution in [0.15, 0.2) is 36.8 Å². The Kier molecular flexibility index (Phi) is 6.73. The number of anilines is 1. The average Bonchev–Trinajstić information content (AvgIpc) is 3.68. The molecule has 0 spiro atoms. The molecule has 1 aromatic carbocycles. The molecule has 39 heavy (non-hydrogen) atoms. The quantitative estimate of drug-likeness (QED) is 0.472. The number of likely N-dealkylation sites (N-methyl/N-ethyl adjacent to an activating group) is 1. The zero-order valence-electron chi connectivity index (χ0n) is 23.2. The van der Waals surface area contributed by atoms with Crippen LogP contribution in [0.3, 0.4) is 0 Å². The summed E-state index contributed by atoms with van der Waals surface area (Å²) in [5.74, 6) is 2.21. The molecule has 3 aliphatic heterocycles. The SMILES string of the molecule is CN1CCN(CC2CCC(n3cc(-c4cccc(OCC56CCC(CC5)O6)c4)c4c(N)ncnc43)CC2)CC1. The number of fused-ring (bicyclic) bond motifs is 3. The number of nitrogen functional groups attached to an aromatic ring is 1. The number of nitrogens with zero attached hydrogens (tertiary/aromatic N) is 5. The molecule has 2 bridgehead atoms. The molecule has 1 aliphatic carbocycles. The number of piperazine rings is 1. The summed E-state index contributed by atoms with van der Waals surface area (Å²) in [5.41, 5.74) is 9.51. The monoisotopic (exact) mass is 530 g/mol. The van der Waals surface area contributed by atoms with Gasteiger partial charge in [0.25, 0.3) is 0 Å². The normalized spacial score (nSPS) is 29.8. The maximum Gasteiger partial charge on any atom is 0.146 e. The van der Waals surface area contributed by atoms with E-state index >= 15 is 0 Å². The van der Waals surface area contributed by atoms with Crippen LogP contribution in [-0.4, -0.2) is 82.4 Å². The Labute approximate surface area is 231 Å². The zero-order valence-corrected chi connectivity index (χ0v) is 23.2. The highest BCUT2D eigenvalue weighted by Crippen LogP contribution is 2.44. The number of rotatable bonds is 7. The highest BCUT2D eigenvalue weighted by atomic mass is 16.6. The number of aromatic nitrogens is 3. The van der Waals surface area contributed by atoms with Gasteiger partial charge in [0, 0.05) is 50.5 Å². The Morgan fingerprint density at radius 3 is 2.56 bits per heavy atom. The molecule has 2 N–H and O–H groups in total. The molecule has 8 nitrogen and oxygen atoms in total. The van der Waals surface area contributed by atoms with Gasteiger partial charge in [-0.1, -0.05) is 12.1 Å². The van der Waals surface area contributed by atoms with Gasteiger partial charge in [-0.15, -0.1) is 0 Å². The lowest BCUT2D eigenvalue weighted by atomic mass is 9.85. The van der Waals surface area contributed by atoms with Crippen molar-refractivity contribution in [3.63, 3.8) is 0 Å². The van der Waals surface area contributed by atoms with Crippen molar-refractivity contribution in [3.8, 4) is 16.9 Å². The molecule has 0 radical (unpaired) electrons. The van der Waals surface area contributed by atoms with Gasteiger partial charge in [0.1, 0.15) is 35.7 Å². The van der Waals surface area contributed by atoms with Crippen LogP contribution >= 0.6 is 0 Å². The summed E-state index contributed by atoms with van der Waals surface area (Å²) < 4.78 is 14.9. The Morgan fingerprint density at radius 1 is 1.03 bits per heavy atom. The predicted octanol–water partition coefficient (Wildman–Crippen LogP) is 4.75. The Morgan fingerprint density at radius 2 is 1.82 bits per heavy atom. The molecule has 3 aromatic rings. The molecule has 7 rings (SSSR count). The summed E-state index contributed by atoms with van der Waals surface area (Å²) in [4.78, 5) is 14.2. The highest BCUT2D eigenvalue weighted by Gasteiger charge is 2.46. The minimum Gasteiger partial charge on any atom is -0.491 e. The molecular formula is C31H42N6O2. The maximum atomic E-state index is 6.47. The molecule has 1 saturated carbocycles. The van der Waals surface area contributed by atoms with Crippen LogP contribution in [0.2, 0.25) is 0 Å². The average molecular weight is 531 g/mol. The van der Waals surface area contributed by atoms with Gasteiger partial charge >= 0.3 is 0 Å². The van der Waals surface area contributed by atoms with Gasteiger partial charge in [0.05, 0.1) is 11.5 Å². The van der Waals surface area contributed by atoms with E-state index in [9.17, 15) is 0 Å². The minimum absolute atomic E-state index is 0.0852. The van der Waals surface area contributed by atoms with Crippen molar-refractivity contribution >= 4 is 16.9 Å². The van der Waals surface area contributed by atoms with E-state index in [2.05, 4.69) is 50.8 Å². The molecular weight excluding hydrogens is 488 g/mol. The molecule has 4 aliphatic rings. The standard InChI is InChI=1S/C31H42N6O2/c1-35-13-15-36(16-14-35)18-22-5-7-24(8-6-22)37-19-27(28-29(32)33-21-34-30(28)37)23-3-2-4-26(17-23)38-20-31-11-9-25(39-31)10-12-31/h2-4,17,19,21-22,24-25H,5-16,18,20H2,1H3,(H2,32,33,34). The van der Waals surface area contributed by atoms with Crippen LogP contribution in [0, 0.1) is 5.92 Å². The Balaban J connectivity index is 1.08.